The van der Waals surface area contributed by atoms with E-state index >= 15 is 0 Å². The molecule has 1 N–H and O–H groups in total. The van der Waals surface area contributed by atoms with Gasteiger partial charge in [-0.15, -0.1) is 23.1 Å². The molecule has 2 nitrogen and oxygen atoms in total. The van der Waals surface area contributed by atoms with Crippen molar-refractivity contribution in [2.24, 2.45) is 0 Å². The van der Waals surface area contributed by atoms with Crippen molar-refractivity contribution < 1.29 is 4.74 Å². The number of hydrogen-bond acceptors (Lipinski definition) is 4. The minimum absolute atomic E-state index is 0.757. The van der Waals surface area contributed by atoms with Crippen LogP contribution in [0.25, 0.3) is 0 Å². The molecular formula is C15H19NOS2. The monoisotopic (exact) mass is 293 g/mol. The van der Waals surface area contributed by atoms with E-state index in [2.05, 4.69) is 47.1 Å². The lowest BCUT2D eigenvalue weighted by atomic mass is 10.2. The first-order chi connectivity index (χ1) is 9.38. The van der Waals surface area contributed by atoms with E-state index in [1.54, 1.807) is 7.11 Å². The predicted octanol–water partition coefficient (Wildman–Crippen LogP) is 3.78. The predicted molar refractivity (Wildman–Crippen MR) is 83.9 cm³/mol. The minimum atomic E-state index is 0.757. The number of rotatable bonds is 8. The number of ether oxygens (including phenoxy) is 1. The highest BCUT2D eigenvalue weighted by Gasteiger charge is 1.99. The van der Waals surface area contributed by atoms with Gasteiger partial charge in [-0.1, -0.05) is 18.2 Å². The van der Waals surface area contributed by atoms with Crippen molar-refractivity contribution in [2.75, 3.05) is 20.3 Å². The van der Waals surface area contributed by atoms with Crippen molar-refractivity contribution in [3.63, 3.8) is 0 Å². The van der Waals surface area contributed by atoms with Gasteiger partial charge in [-0.3, -0.25) is 0 Å². The molecule has 0 amide bonds. The maximum absolute atomic E-state index is 5.02. The summed E-state index contributed by atoms with van der Waals surface area (Å²) < 4.78 is 5.02. The van der Waals surface area contributed by atoms with E-state index in [0.29, 0.717) is 0 Å². The van der Waals surface area contributed by atoms with Gasteiger partial charge >= 0.3 is 0 Å². The highest BCUT2D eigenvalue weighted by atomic mass is 32.2. The van der Waals surface area contributed by atoms with Crippen molar-refractivity contribution in [2.45, 2.75) is 17.2 Å². The van der Waals surface area contributed by atoms with Crippen LogP contribution in [0.5, 0.6) is 0 Å². The van der Waals surface area contributed by atoms with Gasteiger partial charge in [-0.05, 0) is 29.1 Å². The average molecular weight is 293 g/mol. The van der Waals surface area contributed by atoms with Gasteiger partial charge in [0.15, 0.2) is 0 Å². The van der Waals surface area contributed by atoms with E-state index in [1.807, 2.05) is 23.1 Å². The van der Waals surface area contributed by atoms with Crippen LogP contribution in [-0.4, -0.2) is 20.3 Å². The van der Waals surface area contributed by atoms with E-state index in [4.69, 9.17) is 4.74 Å². The fraction of sp³-hybridized carbons (Fsp3) is 0.333. The van der Waals surface area contributed by atoms with Gasteiger partial charge in [0.2, 0.25) is 0 Å². The summed E-state index contributed by atoms with van der Waals surface area (Å²) in [5, 5.41) is 5.50. The number of nitrogens with one attached hydrogen (secondary N) is 1. The lowest BCUT2D eigenvalue weighted by Crippen LogP contribution is -2.18. The van der Waals surface area contributed by atoms with Gasteiger partial charge in [-0.25, -0.2) is 0 Å². The largest absolute Gasteiger partial charge is 0.383 e. The number of thioether (sulfide) groups is 1. The Morgan fingerprint density at radius 3 is 3.00 bits per heavy atom. The van der Waals surface area contributed by atoms with E-state index < -0.39 is 0 Å². The zero-order chi connectivity index (χ0) is 13.3. The number of benzene rings is 1. The van der Waals surface area contributed by atoms with Crippen LogP contribution in [0.15, 0.2) is 46.7 Å². The third-order valence-corrected chi connectivity index (χ3v) is 4.77. The van der Waals surface area contributed by atoms with Crippen molar-refractivity contribution in [1.29, 1.82) is 0 Å². The molecule has 0 atom stereocenters. The molecule has 0 saturated carbocycles. The van der Waals surface area contributed by atoms with Crippen LogP contribution in [-0.2, 0) is 17.0 Å². The van der Waals surface area contributed by atoms with Crippen LogP contribution in [0.1, 0.15) is 10.4 Å². The van der Waals surface area contributed by atoms with Gasteiger partial charge in [0.1, 0.15) is 0 Å². The summed E-state index contributed by atoms with van der Waals surface area (Å²) >= 11 is 3.71. The smallest absolute Gasteiger partial charge is 0.0587 e. The van der Waals surface area contributed by atoms with Gasteiger partial charge in [0.05, 0.1) is 6.61 Å². The standard InChI is InChI=1S/C15H19NOS2/c1-17-8-7-16-11-13-4-2-5-14(10-13)19-12-15-6-3-9-18-15/h2-6,9-10,16H,7-8,11-12H2,1H3. The molecule has 0 unspecified atom stereocenters. The van der Waals surface area contributed by atoms with E-state index in [1.165, 1.54) is 15.3 Å². The maximum atomic E-state index is 5.02. The molecule has 1 aromatic carbocycles. The summed E-state index contributed by atoms with van der Waals surface area (Å²) in [5.41, 5.74) is 1.33. The topological polar surface area (TPSA) is 21.3 Å². The minimum Gasteiger partial charge on any atom is -0.383 e. The van der Waals surface area contributed by atoms with Crippen LogP contribution >= 0.6 is 23.1 Å². The summed E-state index contributed by atoms with van der Waals surface area (Å²) in [6.07, 6.45) is 0. The fourth-order valence-electron chi connectivity index (χ4n) is 1.70. The molecule has 0 radical (unpaired) electrons. The van der Waals surface area contributed by atoms with Gasteiger partial charge < -0.3 is 10.1 Å². The molecule has 2 rings (SSSR count). The molecule has 0 fully saturated rings. The van der Waals surface area contributed by atoms with E-state index in [0.717, 1.165) is 25.4 Å². The van der Waals surface area contributed by atoms with Crippen LogP contribution in [0.3, 0.4) is 0 Å². The molecule has 2 aromatic rings. The average Bonchev–Trinajstić information content (AvgIpc) is 2.95. The summed E-state index contributed by atoms with van der Waals surface area (Å²) in [7, 11) is 1.73. The number of hydrogen-bond donors (Lipinski definition) is 1. The second-order valence-corrected chi connectivity index (χ2v) is 6.27. The molecule has 4 heteroatoms. The molecule has 0 saturated heterocycles. The summed E-state index contributed by atoms with van der Waals surface area (Å²) in [5.74, 6) is 1.05. The van der Waals surface area contributed by atoms with Gasteiger partial charge in [0, 0.05) is 35.7 Å². The third-order valence-electron chi connectivity index (χ3n) is 2.67. The highest BCUT2D eigenvalue weighted by molar-refractivity contribution is 7.98. The lowest BCUT2D eigenvalue weighted by Gasteiger charge is -2.06. The Balaban J connectivity index is 1.81. The van der Waals surface area contributed by atoms with Crippen molar-refractivity contribution >= 4 is 23.1 Å². The second kappa shape index (κ2) is 8.38. The van der Waals surface area contributed by atoms with E-state index in [9.17, 15) is 0 Å². The Morgan fingerprint density at radius 2 is 2.21 bits per heavy atom. The molecule has 1 heterocycles. The first-order valence-corrected chi connectivity index (χ1v) is 8.19. The molecule has 0 spiro atoms. The van der Waals surface area contributed by atoms with Crippen molar-refractivity contribution in [3.05, 3.63) is 52.2 Å². The van der Waals surface area contributed by atoms with Crippen molar-refractivity contribution in [1.82, 2.24) is 5.32 Å². The number of methoxy groups -OCH3 is 1. The third kappa shape index (κ3) is 5.37. The Bertz CT molecular complexity index is 471. The van der Waals surface area contributed by atoms with Crippen LogP contribution in [0.2, 0.25) is 0 Å². The Morgan fingerprint density at radius 1 is 1.26 bits per heavy atom. The molecular weight excluding hydrogens is 274 g/mol. The van der Waals surface area contributed by atoms with Gasteiger partial charge in [-0.2, -0.15) is 0 Å². The molecule has 102 valence electrons. The summed E-state index contributed by atoms with van der Waals surface area (Å²) in [6, 6.07) is 13.0. The summed E-state index contributed by atoms with van der Waals surface area (Å²) in [6.45, 7) is 2.55. The zero-order valence-electron chi connectivity index (χ0n) is 11.1. The normalized spacial score (nSPS) is 10.8. The summed E-state index contributed by atoms with van der Waals surface area (Å²) in [4.78, 5) is 2.76. The Labute approximate surface area is 123 Å². The Hall–Kier alpha value is -0.810. The lowest BCUT2D eigenvalue weighted by molar-refractivity contribution is 0.199. The number of thiophene rings is 1. The first-order valence-electron chi connectivity index (χ1n) is 6.32. The first kappa shape index (κ1) is 14.6. The molecule has 0 aliphatic heterocycles. The molecule has 0 aliphatic carbocycles. The molecule has 1 aromatic heterocycles. The highest BCUT2D eigenvalue weighted by Crippen LogP contribution is 2.25. The fourth-order valence-corrected chi connectivity index (χ4v) is 3.45. The van der Waals surface area contributed by atoms with Crippen LogP contribution in [0.4, 0.5) is 0 Å². The second-order valence-electron chi connectivity index (χ2n) is 4.19. The van der Waals surface area contributed by atoms with Crippen molar-refractivity contribution in [3.8, 4) is 0 Å². The molecule has 0 aliphatic rings. The van der Waals surface area contributed by atoms with E-state index in [-0.39, 0.29) is 0 Å². The molecule has 0 bridgehead atoms. The van der Waals surface area contributed by atoms with Crippen LogP contribution < -0.4 is 5.32 Å². The SMILES string of the molecule is COCCNCc1cccc(SCc2cccs2)c1. The quantitative estimate of drug-likeness (QED) is 0.591. The Kier molecular flexibility index (Phi) is 6.44. The molecule has 19 heavy (non-hydrogen) atoms. The van der Waals surface area contributed by atoms with Gasteiger partial charge in [0.25, 0.3) is 0 Å². The maximum Gasteiger partial charge on any atom is 0.0587 e. The van der Waals surface area contributed by atoms with Crippen LogP contribution in [0, 0.1) is 0 Å². The zero-order valence-corrected chi connectivity index (χ0v) is 12.7.